The van der Waals surface area contributed by atoms with Crippen molar-refractivity contribution < 1.29 is 9.59 Å². The first-order valence-corrected chi connectivity index (χ1v) is 5.99. The lowest BCUT2D eigenvalue weighted by Crippen LogP contribution is -2.05. The van der Waals surface area contributed by atoms with Gasteiger partial charge in [-0.1, -0.05) is 55.1 Å². The summed E-state index contributed by atoms with van der Waals surface area (Å²) in [5, 5.41) is 0. The predicted molar refractivity (Wildman–Crippen MR) is 75.5 cm³/mol. The molecule has 0 spiro atoms. The van der Waals surface area contributed by atoms with Crippen LogP contribution in [-0.2, 0) is 0 Å². The van der Waals surface area contributed by atoms with E-state index >= 15 is 0 Å². The van der Waals surface area contributed by atoms with Crippen LogP contribution in [0.15, 0.2) is 66.7 Å². The molecule has 0 bridgehead atoms. The summed E-state index contributed by atoms with van der Waals surface area (Å²) in [6, 6.07) is 15.7. The summed E-state index contributed by atoms with van der Waals surface area (Å²) < 4.78 is 0. The molecule has 0 unspecified atom stereocenters. The smallest absolute Gasteiger partial charge is 0.193 e. The largest absolute Gasteiger partial charge is 0.289 e. The topological polar surface area (TPSA) is 34.1 Å². The predicted octanol–water partition coefficient (Wildman–Crippen LogP) is 3.68. The third-order valence-corrected chi connectivity index (χ3v) is 2.81. The van der Waals surface area contributed by atoms with E-state index in [0.29, 0.717) is 22.3 Å². The van der Waals surface area contributed by atoms with Gasteiger partial charge in [0, 0.05) is 16.7 Å². The van der Waals surface area contributed by atoms with Crippen molar-refractivity contribution in [2.45, 2.75) is 6.92 Å². The second kappa shape index (κ2) is 5.44. The maximum Gasteiger partial charge on any atom is 0.193 e. The molecule has 2 aromatic carbocycles. The van der Waals surface area contributed by atoms with Crippen LogP contribution in [0.4, 0.5) is 0 Å². The van der Waals surface area contributed by atoms with Crippen LogP contribution >= 0.6 is 0 Å². The standard InChI is InChI=1S/C17H14O2/c1-12(2)16(18)14-9-6-10-15(11-14)17(19)13-7-4-3-5-8-13/h3-11H,1H2,2H3. The molecule has 0 aliphatic carbocycles. The van der Waals surface area contributed by atoms with Crippen molar-refractivity contribution in [2.75, 3.05) is 0 Å². The highest BCUT2D eigenvalue weighted by Gasteiger charge is 2.12. The Kier molecular flexibility index (Phi) is 3.71. The van der Waals surface area contributed by atoms with E-state index in [1.165, 1.54) is 0 Å². The summed E-state index contributed by atoms with van der Waals surface area (Å²) in [7, 11) is 0. The molecule has 0 aliphatic rings. The lowest BCUT2D eigenvalue weighted by Gasteiger charge is -2.04. The van der Waals surface area contributed by atoms with Crippen molar-refractivity contribution in [2.24, 2.45) is 0 Å². The van der Waals surface area contributed by atoms with Crippen LogP contribution in [0.5, 0.6) is 0 Å². The molecule has 2 aromatic rings. The van der Waals surface area contributed by atoms with Gasteiger partial charge in [0.2, 0.25) is 0 Å². The van der Waals surface area contributed by atoms with Crippen molar-refractivity contribution in [3.63, 3.8) is 0 Å². The summed E-state index contributed by atoms with van der Waals surface area (Å²) in [4.78, 5) is 24.1. The van der Waals surface area contributed by atoms with Crippen molar-refractivity contribution in [1.29, 1.82) is 0 Å². The van der Waals surface area contributed by atoms with Gasteiger partial charge in [0.25, 0.3) is 0 Å². The van der Waals surface area contributed by atoms with Crippen LogP contribution in [0.2, 0.25) is 0 Å². The van der Waals surface area contributed by atoms with E-state index < -0.39 is 0 Å². The number of Topliss-reactive ketones (excluding diaryl/α,β-unsaturated/α-hetero) is 1. The molecule has 0 aromatic heterocycles. The molecule has 19 heavy (non-hydrogen) atoms. The molecule has 0 saturated carbocycles. The van der Waals surface area contributed by atoms with E-state index in [1.54, 1.807) is 43.3 Å². The van der Waals surface area contributed by atoms with Gasteiger partial charge in [-0.2, -0.15) is 0 Å². The fraction of sp³-hybridized carbons (Fsp3) is 0.0588. The van der Waals surface area contributed by atoms with E-state index in [9.17, 15) is 9.59 Å². The molecule has 2 heteroatoms. The SMILES string of the molecule is C=C(C)C(=O)c1cccc(C(=O)c2ccccc2)c1. The van der Waals surface area contributed by atoms with E-state index in [0.717, 1.165) is 0 Å². The highest BCUT2D eigenvalue weighted by molar-refractivity contribution is 6.12. The average Bonchev–Trinajstić information content (AvgIpc) is 2.46. The zero-order valence-corrected chi connectivity index (χ0v) is 10.7. The molecule has 0 amide bonds. The minimum absolute atomic E-state index is 0.0861. The Labute approximate surface area is 112 Å². The molecule has 0 atom stereocenters. The maximum absolute atomic E-state index is 12.3. The second-order valence-electron chi connectivity index (χ2n) is 4.39. The van der Waals surface area contributed by atoms with Crippen molar-refractivity contribution in [3.05, 3.63) is 83.4 Å². The molecule has 0 N–H and O–H groups in total. The Balaban J connectivity index is 2.37. The average molecular weight is 250 g/mol. The molecule has 0 radical (unpaired) electrons. The van der Waals surface area contributed by atoms with E-state index in [4.69, 9.17) is 0 Å². The zero-order valence-electron chi connectivity index (χ0n) is 10.7. The van der Waals surface area contributed by atoms with Crippen LogP contribution < -0.4 is 0 Å². The first-order valence-electron chi connectivity index (χ1n) is 5.99. The maximum atomic E-state index is 12.3. The van der Waals surface area contributed by atoms with Gasteiger partial charge in [0.15, 0.2) is 11.6 Å². The lowest BCUT2D eigenvalue weighted by atomic mass is 9.98. The Hall–Kier alpha value is -2.48. The number of rotatable bonds is 4. The van der Waals surface area contributed by atoms with Crippen molar-refractivity contribution >= 4 is 11.6 Å². The van der Waals surface area contributed by atoms with Gasteiger partial charge in [0.05, 0.1) is 0 Å². The highest BCUT2D eigenvalue weighted by atomic mass is 16.1. The summed E-state index contributed by atoms with van der Waals surface area (Å²) in [5.74, 6) is -0.223. The summed E-state index contributed by atoms with van der Waals surface area (Å²) in [6.07, 6.45) is 0. The van der Waals surface area contributed by atoms with E-state index in [1.807, 2.05) is 18.2 Å². The van der Waals surface area contributed by atoms with Crippen LogP contribution in [0.1, 0.15) is 33.2 Å². The van der Waals surface area contributed by atoms with E-state index in [2.05, 4.69) is 6.58 Å². The molecule has 2 nitrogen and oxygen atoms in total. The number of carbonyl (C=O) groups excluding carboxylic acids is 2. The third-order valence-electron chi connectivity index (χ3n) is 2.81. The molecule has 0 heterocycles. The van der Waals surface area contributed by atoms with Gasteiger partial charge in [-0.05, 0) is 18.6 Å². The Bertz CT molecular complexity index is 639. The van der Waals surface area contributed by atoms with Crippen LogP contribution in [-0.4, -0.2) is 11.6 Å². The number of hydrogen-bond donors (Lipinski definition) is 0. The van der Waals surface area contributed by atoms with Gasteiger partial charge in [0.1, 0.15) is 0 Å². The Morgan fingerprint density at radius 3 is 2.05 bits per heavy atom. The van der Waals surface area contributed by atoms with Gasteiger partial charge >= 0.3 is 0 Å². The normalized spacial score (nSPS) is 9.95. The summed E-state index contributed by atoms with van der Waals surface area (Å²) in [5.41, 5.74) is 2.08. The molecule has 94 valence electrons. The number of allylic oxidation sites excluding steroid dienone is 1. The molecular formula is C17H14O2. The van der Waals surface area contributed by atoms with Crippen LogP contribution in [0.3, 0.4) is 0 Å². The van der Waals surface area contributed by atoms with Crippen LogP contribution in [0.25, 0.3) is 0 Å². The van der Waals surface area contributed by atoms with Gasteiger partial charge in [-0.3, -0.25) is 9.59 Å². The number of benzene rings is 2. The van der Waals surface area contributed by atoms with Gasteiger partial charge < -0.3 is 0 Å². The van der Waals surface area contributed by atoms with E-state index in [-0.39, 0.29) is 11.6 Å². The molecule has 2 rings (SSSR count). The first-order chi connectivity index (χ1) is 9.09. The fourth-order valence-electron chi connectivity index (χ4n) is 1.80. The minimum atomic E-state index is -0.136. The third kappa shape index (κ3) is 2.86. The fourth-order valence-corrected chi connectivity index (χ4v) is 1.80. The Morgan fingerprint density at radius 2 is 1.42 bits per heavy atom. The van der Waals surface area contributed by atoms with Crippen molar-refractivity contribution in [3.8, 4) is 0 Å². The second-order valence-corrected chi connectivity index (χ2v) is 4.39. The number of carbonyl (C=O) groups is 2. The molecular weight excluding hydrogens is 236 g/mol. The number of ketones is 2. The summed E-state index contributed by atoms with van der Waals surface area (Å²) in [6.45, 7) is 5.29. The Morgan fingerprint density at radius 1 is 0.842 bits per heavy atom. The summed E-state index contributed by atoms with van der Waals surface area (Å²) >= 11 is 0. The van der Waals surface area contributed by atoms with Crippen LogP contribution in [0, 0.1) is 0 Å². The molecule has 0 fully saturated rings. The minimum Gasteiger partial charge on any atom is -0.289 e. The quantitative estimate of drug-likeness (QED) is 0.612. The molecule has 0 aliphatic heterocycles. The van der Waals surface area contributed by atoms with Crippen molar-refractivity contribution in [1.82, 2.24) is 0 Å². The zero-order chi connectivity index (χ0) is 13.8. The number of hydrogen-bond acceptors (Lipinski definition) is 2. The first kappa shape index (κ1) is 13.0. The highest BCUT2D eigenvalue weighted by Crippen LogP contribution is 2.14. The lowest BCUT2D eigenvalue weighted by molar-refractivity contribution is 0.103. The molecule has 0 saturated heterocycles. The van der Waals surface area contributed by atoms with Gasteiger partial charge in [-0.25, -0.2) is 0 Å². The van der Waals surface area contributed by atoms with Gasteiger partial charge in [-0.15, -0.1) is 0 Å². The monoisotopic (exact) mass is 250 g/mol.